The Labute approximate surface area is 214 Å². The Kier molecular flexibility index (Phi) is 10.7. The largest absolute Gasteiger partial charge is 0.497 e. The lowest BCUT2D eigenvalue weighted by molar-refractivity contribution is -0.139. The second-order valence-corrected chi connectivity index (χ2v) is 8.29. The molecule has 2 rings (SSSR count). The van der Waals surface area contributed by atoms with Crippen molar-refractivity contribution in [1.29, 1.82) is 0 Å². The number of ether oxygens (including phenoxy) is 2. The number of carboxylic acid groups (broad SMARTS) is 1. The number of benzene rings is 1. The Morgan fingerprint density at radius 1 is 1.16 bits per heavy atom. The Bertz CT molecular complexity index is 1110. The van der Waals surface area contributed by atoms with Gasteiger partial charge in [0, 0.05) is 12.6 Å². The van der Waals surface area contributed by atoms with Gasteiger partial charge in [-0.25, -0.2) is 9.78 Å². The highest BCUT2D eigenvalue weighted by Crippen LogP contribution is 2.28. The lowest BCUT2D eigenvalue weighted by Crippen LogP contribution is -2.41. The van der Waals surface area contributed by atoms with Gasteiger partial charge >= 0.3 is 5.97 Å². The number of methoxy groups -OCH3 is 2. The molecule has 0 aliphatic carbocycles. The molecule has 0 aliphatic heterocycles. The van der Waals surface area contributed by atoms with Crippen molar-refractivity contribution in [3.8, 4) is 11.5 Å². The second-order valence-electron chi connectivity index (χ2n) is 8.29. The first-order chi connectivity index (χ1) is 17.6. The van der Waals surface area contributed by atoms with Crippen LogP contribution in [0.25, 0.3) is 0 Å². The van der Waals surface area contributed by atoms with Crippen LogP contribution in [0, 0.1) is 5.92 Å². The molecule has 0 aliphatic rings. The van der Waals surface area contributed by atoms with Crippen LogP contribution in [0.15, 0.2) is 33.9 Å². The van der Waals surface area contributed by atoms with E-state index in [4.69, 9.17) is 25.4 Å². The average molecular weight is 519 g/mol. The number of carbonyl (C=O) groups excluding carboxylic acids is 2. The third kappa shape index (κ3) is 8.12. The summed E-state index contributed by atoms with van der Waals surface area (Å²) in [6.07, 6.45) is 2.25. The van der Waals surface area contributed by atoms with Gasteiger partial charge in [-0.05, 0) is 30.9 Å². The first-order valence-corrected chi connectivity index (χ1v) is 11.7. The van der Waals surface area contributed by atoms with Gasteiger partial charge in [-0.3, -0.25) is 14.6 Å². The number of rotatable bonds is 14. The summed E-state index contributed by atoms with van der Waals surface area (Å²) in [6, 6.07) is 2.97. The number of carbonyl (C=O) groups is 3. The van der Waals surface area contributed by atoms with Crippen LogP contribution in [-0.2, 0) is 4.79 Å². The zero-order chi connectivity index (χ0) is 27.5. The maximum atomic E-state index is 13.1. The Morgan fingerprint density at radius 2 is 1.89 bits per heavy atom. The highest BCUT2D eigenvalue weighted by molar-refractivity contribution is 5.97. The van der Waals surface area contributed by atoms with E-state index in [1.807, 2.05) is 13.8 Å². The van der Waals surface area contributed by atoms with E-state index in [0.29, 0.717) is 24.3 Å². The summed E-state index contributed by atoms with van der Waals surface area (Å²) in [5, 5.41) is 14.8. The van der Waals surface area contributed by atoms with Crippen molar-refractivity contribution in [3.63, 3.8) is 0 Å². The molecule has 2 amide bonds. The molecule has 7 N–H and O–H groups in total. The zero-order valence-corrected chi connectivity index (χ0v) is 21.3. The molecule has 0 spiro atoms. The van der Waals surface area contributed by atoms with Gasteiger partial charge in [0.2, 0.25) is 5.89 Å². The van der Waals surface area contributed by atoms with E-state index in [-0.39, 0.29) is 42.0 Å². The molecular weight excluding hydrogens is 484 g/mol. The number of aliphatic imine (C=N–C) groups is 1. The fraction of sp³-hybridized carbons (Fsp3) is 0.458. The lowest BCUT2D eigenvalue weighted by Gasteiger charge is -2.22. The molecular formula is C24H34N6O7. The Balaban J connectivity index is 2.17. The first-order valence-electron chi connectivity index (χ1n) is 11.7. The molecule has 37 heavy (non-hydrogen) atoms. The minimum Gasteiger partial charge on any atom is -0.497 e. The monoisotopic (exact) mass is 518 g/mol. The molecule has 202 valence electrons. The van der Waals surface area contributed by atoms with Crippen molar-refractivity contribution in [3.05, 3.63) is 41.6 Å². The van der Waals surface area contributed by atoms with Crippen LogP contribution in [0.1, 0.15) is 65.9 Å². The van der Waals surface area contributed by atoms with Crippen molar-refractivity contribution < 1.29 is 33.4 Å². The van der Waals surface area contributed by atoms with Gasteiger partial charge in [-0.2, -0.15) is 0 Å². The quantitative estimate of drug-likeness (QED) is 0.138. The van der Waals surface area contributed by atoms with Gasteiger partial charge in [0.1, 0.15) is 29.8 Å². The Morgan fingerprint density at radius 3 is 2.49 bits per heavy atom. The third-order valence-electron chi connectivity index (χ3n) is 5.72. The third-order valence-corrected chi connectivity index (χ3v) is 5.72. The summed E-state index contributed by atoms with van der Waals surface area (Å²) in [4.78, 5) is 45.4. The number of hydrogen-bond donors (Lipinski definition) is 5. The molecule has 1 heterocycles. The van der Waals surface area contributed by atoms with E-state index in [0.717, 1.165) is 6.26 Å². The van der Waals surface area contributed by atoms with Crippen LogP contribution in [-0.4, -0.2) is 60.6 Å². The van der Waals surface area contributed by atoms with E-state index >= 15 is 0 Å². The number of nitrogens with one attached hydrogen (secondary N) is 2. The molecule has 0 bridgehead atoms. The van der Waals surface area contributed by atoms with Crippen molar-refractivity contribution in [1.82, 2.24) is 15.6 Å². The smallest absolute Gasteiger partial charge is 0.326 e. The van der Waals surface area contributed by atoms with Gasteiger partial charge in [0.05, 0.1) is 19.8 Å². The minimum absolute atomic E-state index is 0.0978. The molecule has 13 nitrogen and oxygen atoms in total. The van der Waals surface area contributed by atoms with Crippen molar-refractivity contribution >= 4 is 23.7 Å². The predicted molar refractivity (Wildman–Crippen MR) is 135 cm³/mol. The highest BCUT2D eigenvalue weighted by atomic mass is 16.5. The molecule has 13 heteroatoms. The second kappa shape index (κ2) is 13.7. The standard InChI is InChI=1S/C24H34N6O7/c1-5-13(2)19(30-20(31)15-9-8-14(35-3)11-18(15)36-4)22-29-17(12-37-22)21(32)28-16(23(33)34)7-6-10-27-24(25)26/h8-9,11-13,16,19H,5-7,10H2,1-4H3,(H,28,32)(H,30,31)(H,33,34)(H4,25,26,27)/t13-,16-,19?/m0/s1. The molecule has 1 aromatic heterocycles. The summed E-state index contributed by atoms with van der Waals surface area (Å²) in [5.74, 6) is -1.60. The van der Waals surface area contributed by atoms with Crippen LogP contribution in [0.2, 0.25) is 0 Å². The van der Waals surface area contributed by atoms with Gasteiger partial charge in [0.15, 0.2) is 11.7 Å². The molecule has 0 radical (unpaired) electrons. The normalized spacial score (nSPS) is 13.1. The fourth-order valence-corrected chi connectivity index (χ4v) is 3.42. The number of hydrogen-bond acceptors (Lipinski definition) is 8. The van der Waals surface area contributed by atoms with Crippen LogP contribution >= 0.6 is 0 Å². The van der Waals surface area contributed by atoms with Gasteiger partial charge in [-0.1, -0.05) is 20.3 Å². The average Bonchev–Trinajstić information content (AvgIpc) is 3.37. The number of oxazole rings is 1. The summed E-state index contributed by atoms with van der Waals surface area (Å²) in [6.45, 7) is 4.07. The minimum atomic E-state index is -1.21. The summed E-state index contributed by atoms with van der Waals surface area (Å²) >= 11 is 0. The lowest BCUT2D eigenvalue weighted by atomic mass is 9.98. The number of amides is 2. The fourth-order valence-electron chi connectivity index (χ4n) is 3.42. The Hall–Kier alpha value is -4.29. The van der Waals surface area contributed by atoms with E-state index in [9.17, 15) is 19.5 Å². The van der Waals surface area contributed by atoms with Crippen molar-refractivity contribution in [2.45, 2.75) is 45.2 Å². The molecule has 0 saturated heterocycles. The van der Waals surface area contributed by atoms with Crippen LogP contribution in [0.4, 0.5) is 0 Å². The van der Waals surface area contributed by atoms with Gasteiger partial charge in [-0.15, -0.1) is 0 Å². The van der Waals surface area contributed by atoms with Crippen molar-refractivity contribution in [2.24, 2.45) is 22.4 Å². The van der Waals surface area contributed by atoms with Crippen molar-refractivity contribution in [2.75, 3.05) is 20.8 Å². The molecule has 0 fully saturated rings. The van der Waals surface area contributed by atoms with Crippen LogP contribution in [0.3, 0.4) is 0 Å². The van der Waals surface area contributed by atoms with E-state index in [1.165, 1.54) is 14.2 Å². The summed E-state index contributed by atoms with van der Waals surface area (Å²) < 4.78 is 16.0. The molecule has 1 aromatic carbocycles. The maximum absolute atomic E-state index is 13.1. The predicted octanol–water partition coefficient (Wildman–Crippen LogP) is 1.45. The molecule has 1 unspecified atom stereocenters. The summed E-state index contributed by atoms with van der Waals surface area (Å²) in [7, 11) is 2.96. The number of nitrogens with zero attached hydrogens (tertiary/aromatic N) is 2. The maximum Gasteiger partial charge on any atom is 0.326 e. The van der Waals surface area contributed by atoms with E-state index < -0.39 is 29.9 Å². The zero-order valence-electron chi connectivity index (χ0n) is 21.3. The molecule has 0 saturated carbocycles. The number of guanidine groups is 1. The highest BCUT2D eigenvalue weighted by Gasteiger charge is 2.29. The summed E-state index contributed by atoms with van der Waals surface area (Å²) in [5.41, 5.74) is 10.7. The number of carboxylic acids is 1. The number of aromatic nitrogens is 1. The molecule has 3 atom stereocenters. The van der Waals surface area contributed by atoms with Crippen LogP contribution < -0.4 is 31.6 Å². The first kappa shape index (κ1) is 28.9. The van der Waals surface area contributed by atoms with E-state index in [2.05, 4.69) is 20.6 Å². The van der Waals surface area contributed by atoms with E-state index in [1.54, 1.807) is 18.2 Å². The molecule has 2 aromatic rings. The van der Waals surface area contributed by atoms with Gasteiger partial charge in [0.25, 0.3) is 11.8 Å². The number of nitrogens with two attached hydrogens (primary N) is 2. The number of aliphatic carboxylic acids is 1. The topological polar surface area (TPSA) is 204 Å². The van der Waals surface area contributed by atoms with Crippen LogP contribution in [0.5, 0.6) is 11.5 Å². The van der Waals surface area contributed by atoms with Gasteiger partial charge < -0.3 is 41.1 Å². The SMILES string of the molecule is CC[C@H](C)C(NC(=O)c1ccc(OC)cc1OC)c1nc(C(=O)N[C@@H](CCCN=C(N)N)C(=O)O)co1.